The van der Waals surface area contributed by atoms with E-state index in [4.69, 9.17) is 11.6 Å². The lowest BCUT2D eigenvalue weighted by Crippen LogP contribution is -2.19. The maximum absolute atomic E-state index is 6.06. The number of benzene rings is 1. The summed E-state index contributed by atoms with van der Waals surface area (Å²) >= 11 is 9.72. The number of hydrogen-bond donors (Lipinski definition) is 0. The van der Waals surface area contributed by atoms with Gasteiger partial charge < -0.3 is 4.90 Å². The van der Waals surface area contributed by atoms with Crippen molar-refractivity contribution >= 4 is 39.2 Å². The van der Waals surface area contributed by atoms with Crippen molar-refractivity contribution in [3.05, 3.63) is 45.1 Å². The zero-order valence-electron chi connectivity index (χ0n) is 12.7. The zero-order valence-corrected chi connectivity index (χ0v) is 15.0. The van der Waals surface area contributed by atoms with Crippen molar-refractivity contribution in [1.82, 2.24) is 9.97 Å². The van der Waals surface area contributed by atoms with Crippen LogP contribution in [0.4, 0.5) is 11.6 Å². The minimum atomic E-state index is 0.464. The molecule has 3 nitrogen and oxygen atoms in total. The molecule has 1 aromatic carbocycles. The first-order valence-electron chi connectivity index (χ1n) is 7.00. The first-order chi connectivity index (χ1) is 9.92. The van der Waals surface area contributed by atoms with E-state index in [9.17, 15) is 0 Å². The molecule has 2 aromatic rings. The van der Waals surface area contributed by atoms with Crippen LogP contribution in [0.25, 0.3) is 0 Å². The second kappa shape index (κ2) is 6.75. The van der Waals surface area contributed by atoms with Crippen LogP contribution in [0.15, 0.2) is 28.7 Å². The summed E-state index contributed by atoms with van der Waals surface area (Å²) in [5, 5.41) is 0.464. The Bertz CT molecular complexity index is 623. The molecule has 0 fully saturated rings. The topological polar surface area (TPSA) is 29.0 Å². The summed E-state index contributed by atoms with van der Waals surface area (Å²) in [5.74, 6) is 1.12. The van der Waals surface area contributed by atoms with E-state index in [1.165, 1.54) is 5.56 Å². The van der Waals surface area contributed by atoms with E-state index in [0.717, 1.165) is 22.4 Å². The molecular weight excluding hydrogens is 350 g/mol. The van der Waals surface area contributed by atoms with Crippen molar-refractivity contribution in [2.24, 2.45) is 0 Å². The molecule has 1 aromatic heterocycles. The maximum atomic E-state index is 6.06. The van der Waals surface area contributed by atoms with Crippen LogP contribution in [0, 0.1) is 6.92 Å². The summed E-state index contributed by atoms with van der Waals surface area (Å²) in [5.41, 5.74) is 3.20. The number of hydrogen-bond acceptors (Lipinski definition) is 3. The van der Waals surface area contributed by atoms with Gasteiger partial charge in [0.2, 0.25) is 5.95 Å². The van der Waals surface area contributed by atoms with E-state index in [1.807, 2.05) is 11.8 Å². The highest BCUT2D eigenvalue weighted by Gasteiger charge is 2.15. The van der Waals surface area contributed by atoms with Gasteiger partial charge in [-0.25, -0.2) is 9.97 Å². The number of nitrogens with zero attached hydrogens (tertiary/aromatic N) is 3. The lowest BCUT2D eigenvalue weighted by molar-refractivity contribution is 0.863. The van der Waals surface area contributed by atoms with E-state index in [0.29, 0.717) is 17.0 Å². The second-order valence-electron chi connectivity index (χ2n) is 5.24. The molecule has 0 amide bonds. The summed E-state index contributed by atoms with van der Waals surface area (Å²) in [7, 11) is 0. The summed E-state index contributed by atoms with van der Waals surface area (Å²) in [6.07, 6.45) is 0. The second-order valence-corrected chi connectivity index (χ2v) is 6.48. The average Bonchev–Trinajstić information content (AvgIpc) is 2.40. The summed E-state index contributed by atoms with van der Waals surface area (Å²) in [4.78, 5) is 10.9. The molecule has 1 heterocycles. The fourth-order valence-electron chi connectivity index (χ4n) is 2.16. The van der Waals surface area contributed by atoms with Gasteiger partial charge in [-0.3, -0.25) is 0 Å². The van der Waals surface area contributed by atoms with Crippen LogP contribution in [0.1, 0.15) is 37.9 Å². The summed E-state index contributed by atoms with van der Waals surface area (Å²) < 4.78 is 1.04. The first kappa shape index (κ1) is 16.2. The normalized spacial score (nSPS) is 11.0. The van der Waals surface area contributed by atoms with Gasteiger partial charge in [0, 0.05) is 16.7 Å². The molecule has 0 unspecified atom stereocenters. The van der Waals surface area contributed by atoms with Crippen molar-refractivity contribution in [3.63, 3.8) is 0 Å². The standard InChI is InChI=1S/C16H19BrClN3/c1-5-21(16-19-11(4)8-15(18)20-16)14-7-6-12(10(2)3)9-13(14)17/h6-10H,5H2,1-4H3. The number of anilines is 2. The van der Waals surface area contributed by atoms with Crippen LogP contribution in [0.2, 0.25) is 5.15 Å². The van der Waals surface area contributed by atoms with E-state index in [-0.39, 0.29) is 0 Å². The smallest absolute Gasteiger partial charge is 0.231 e. The third-order valence-corrected chi connectivity index (χ3v) is 4.13. The quantitative estimate of drug-likeness (QED) is 0.669. The average molecular weight is 369 g/mol. The van der Waals surface area contributed by atoms with Crippen molar-refractivity contribution < 1.29 is 0 Å². The van der Waals surface area contributed by atoms with Gasteiger partial charge in [0.1, 0.15) is 5.15 Å². The Hall–Kier alpha value is -1.13. The molecule has 0 aliphatic carbocycles. The minimum Gasteiger partial charge on any atom is -0.310 e. The van der Waals surface area contributed by atoms with E-state index in [2.05, 4.69) is 64.9 Å². The predicted molar refractivity (Wildman–Crippen MR) is 92.7 cm³/mol. The van der Waals surface area contributed by atoms with Crippen molar-refractivity contribution in [2.45, 2.75) is 33.6 Å². The molecule has 0 saturated carbocycles. The monoisotopic (exact) mass is 367 g/mol. The number of rotatable bonds is 4. The van der Waals surface area contributed by atoms with Gasteiger partial charge in [-0.15, -0.1) is 0 Å². The van der Waals surface area contributed by atoms with Gasteiger partial charge in [0.25, 0.3) is 0 Å². The van der Waals surface area contributed by atoms with Crippen molar-refractivity contribution in [2.75, 3.05) is 11.4 Å². The fourth-order valence-corrected chi connectivity index (χ4v) is 3.00. The summed E-state index contributed by atoms with van der Waals surface area (Å²) in [6, 6.07) is 8.16. The Labute approximate surface area is 139 Å². The molecule has 0 saturated heterocycles. The fraction of sp³-hybridized carbons (Fsp3) is 0.375. The highest BCUT2D eigenvalue weighted by molar-refractivity contribution is 9.10. The number of halogens is 2. The van der Waals surface area contributed by atoms with Crippen molar-refractivity contribution in [1.29, 1.82) is 0 Å². The Morgan fingerprint density at radius 1 is 1.24 bits per heavy atom. The predicted octanol–water partition coefficient (Wildman–Crippen LogP) is 5.48. The molecule has 0 aliphatic heterocycles. The molecule has 112 valence electrons. The van der Waals surface area contributed by atoms with Crippen LogP contribution >= 0.6 is 27.5 Å². The molecule has 0 spiro atoms. The number of aromatic nitrogens is 2. The molecule has 0 bridgehead atoms. The molecule has 2 rings (SSSR count). The third kappa shape index (κ3) is 3.74. The lowest BCUT2D eigenvalue weighted by atomic mass is 10.0. The van der Waals surface area contributed by atoms with Gasteiger partial charge in [0.05, 0.1) is 5.69 Å². The SMILES string of the molecule is CCN(c1nc(C)cc(Cl)n1)c1ccc(C(C)C)cc1Br. The largest absolute Gasteiger partial charge is 0.310 e. The number of aryl methyl sites for hydroxylation is 1. The van der Waals surface area contributed by atoms with Crippen LogP contribution in [-0.2, 0) is 0 Å². The zero-order chi connectivity index (χ0) is 15.6. The Morgan fingerprint density at radius 2 is 1.95 bits per heavy atom. The molecule has 21 heavy (non-hydrogen) atoms. The third-order valence-electron chi connectivity index (χ3n) is 3.30. The molecule has 0 N–H and O–H groups in total. The van der Waals surface area contributed by atoms with Gasteiger partial charge >= 0.3 is 0 Å². The molecule has 5 heteroatoms. The van der Waals surface area contributed by atoms with E-state index >= 15 is 0 Å². The molecule has 0 aliphatic rings. The van der Waals surface area contributed by atoms with Crippen molar-refractivity contribution in [3.8, 4) is 0 Å². The van der Waals surface area contributed by atoms with Crippen LogP contribution in [0.3, 0.4) is 0 Å². The minimum absolute atomic E-state index is 0.464. The summed E-state index contributed by atoms with van der Waals surface area (Å²) in [6.45, 7) is 9.12. The highest BCUT2D eigenvalue weighted by Crippen LogP contribution is 2.33. The van der Waals surface area contributed by atoms with E-state index in [1.54, 1.807) is 6.07 Å². The van der Waals surface area contributed by atoms with E-state index < -0.39 is 0 Å². The molecule has 0 atom stereocenters. The van der Waals surface area contributed by atoms with Gasteiger partial charge in [-0.05, 0) is 59.5 Å². The first-order valence-corrected chi connectivity index (χ1v) is 8.17. The van der Waals surface area contributed by atoms with Crippen LogP contribution in [0.5, 0.6) is 0 Å². The maximum Gasteiger partial charge on any atom is 0.231 e. The Kier molecular flexibility index (Phi) is 5.22. The Balaban J connectivity index is 2.46. The van der Waals surface area contributed by atoms with Crippen LogP contribution in [-0.4, -0.2) is 16.5 Å². The molecular formula is C16H19BrClN3. The lowest BCUT2D eigenvalue weighted by Gasteiger charge is -2.23. The molecule has 0 radical (unpaired) electrons. The highest BCUT2D eigenvalue weighted by atomic mass is 79.9. The van der Waals surface area contributed by atoms with Crippen LogP contribution < -0.4 is 4.90 Å². The Morgan fingerprint density at radius 3 is 2.48 bits per heavy atom. The van der Waals surface area contributed by atoms with Gasteiger partial charge in [-0.1, -0.05) is 31.5 Å². The van der Waals surface area contributed by atoms with Gasteiger partial charge in [-0.2, -0.15) is 0 Å². The van der Waals surface area contributed by atoms with Gasteiger partial charge in [0.15, 0.2) is 0 Å².